The van der Waals surface area contributed by atoms with E-state index in [0.29, 0.717) is 31.1 Å². The number of carbonyl (C=O) groups excluding carboxylic acids is 2. The molecule has 2 fully saturated rings. The van der Waals surface area contributed by atoms with Crippen LogP contribution in [0.15, 0.2) is 24.3 Å². The molecule has 130 valence electrons. The first-order valence-electron chi connectivity index (χ1n) is 8.62. The minimum atomic E-state index is -0.341. The molecule has 0 unspecified atom stereocenters. The Bertz CT molecular complexity index is 601. The molecule has 1 aliphatic heterocycles. The second-order valence-electron chi connectivity index (χ2n) is 6.95. The summed E-state index contributed by atoms with van der Waals surface area (Å²) in [4.78, 5) is 26.1. The standard InChI is InChI=1S/C18H24FN3O2/c1-12(13-2-3-13)10-17(23)22-9-8-16(11-22)21-18(24)20-15-6-4-14(19)5-7-15/h4-7,12-13,16H,2-3,8-11H2,1H3,(H2,20,21,24)/t12-,16-/m0/s1. The van der Waals surface area contributed by atoms with Gasteiger partial charge in [-0.05, 0) is 55.4 Å². The van der Waals surface area contributed by atoms with E-state index < -0.39 is 0 Å². The maximum absolute atomic E-state index is 12.8. The predicted molar refractivity (Wildman–Crippen MR) is 90.0 cm³/mol. The Kier molecular flexibility index (Phi) is 5.02. The van der Waals surface area contributed by atoms with Gasteiger partial charge < -0.3 is 15.5 Å². The quantitative estimate of drug-likeness (QED) is 0.870. The van der Waals surface area contributed by atoms with Gasteiger partial charge in [-0.15, -0.1) is 0 Å². The van der Waals surface area contributed by atoms with Crippen LogP contribution in [0.2, 0.25) is 0 Å². The molecule has 0 spiro atoms. The van der Waals surface area contributed by atoms with E-state index in [-0.39, 0.29) is 23.8 Å². The van der Waals surface area contributed by atoms with E-state index in [2.05, 4.69) is 17.6 Å². The number of anilines is 1. The molecule has 1 aliphatic carbocycles. The molecule has 1 aromatic rings. The minimum Gasteiger partial charge on any atom is -0.341 e. The smallest absolute Gasteiger partial charge is 0.319 e. The Morgan fingerprint density at radius 3 is 2.62 bits per heavy atom. The van der Waals surface area contributed by atoms with Gasteiger partial charge in [-0.2, -0.15) is 0 Å². The summed E-state index contributed by atoms with van der Waals surface area (Å²) in [6.45, 7) is 3.41. The molecule has 2 N–H and O–H groups in total. The molecule has 3 amide bonds. The first-order chi connectivity index (χ1) is 11.5. The van der Waals surface area contributed by atoms with E-state index in [1.807, 2.05) is 4.90 Å². The van der Waals surface area contributed by atoms with Crippen molar-refractivity contribution in [3.05, 3.63) is 30.1 Å². The van der Waals surface area contributed by atoms with Crippen LogP contribution in [0.3, 0.4) is 0 Å². The zero-order valence-corrected chi connectivity index (χ0v) is 13.9. The zero-order valence-electron chi connectivity index (χ0n) is 13.9. The molecule has 2 aliphatic rings. The van der Waals surface area contributed by atoms with Crippen molar-refractivity contribution >= 4 is 17.6 Å². The number of nitrogens with one attached hydrogen (secondary N) is 2. The Balaban J connectivity index is 1.42. The van der Waals surface area contributed by atoms with E-state index in [1.165, 1.54) is 37.1 Å². The van der Waals surface area contributed by atoms with Gasteiger partial charge in [0.15, 0.2) is 0 Å². The number of urea groups is 1. The highest BCUT2D eigenvalue weighted by Crippen LogP contribution is 2.38. The number of hydrogen-bond acceptors (Lipinski definition) is 2. The lowest BCUT2D eigenvalue weighted by Gasteiger charge is -2.19. The maximum Gasteiger partial charge on any atom is 0.319 e. The van der Waals surface area contributed by atoms with Gasteiger partial charge in [0.05, 0.1) is 0 Å². The van der Waals surface area contributed by atoms with Crippen molar-refractivity contribution in [2.24, 2.45) is 11.8 Å². The fraction of sp³-hybridized carbons (Fsp3) is 0.556. The molecule has 5 nitrogen and oxygen atoms in total. The Morgan fingerprint density at radius 2 is 1.96 bits per heavy atom. The van der Waals surface area contributed by atoms with E-state index >= 15 is 0 Å². The summed E-state index contributed by atoms with van der Waals surface area (Å²) >= 11 is 0. The van der Waals surface area contributed by atoms with E-state index in [9.17, 15) is 14.0 Å². The van der Waals surface area contributed by atoms with Crippen molar-refractivity contribution in [3.63, 3.8) is 0 Å². The van der Waals surface area contributed by atoms with Crippen LogP contribution >= 0.6 is 0 Å². The highest BCUT2D eigenvalue weighted by molar-refractivity contribution is 5.89. The van der Waals surface area contributed by atoms with E-state index in [4.69, 9.17) is 0 Å². The molecular formula is C18H24FN3O2. The first-order valence-corrected chi connectivity index (χ1v) is 8.62. The van der Waals surface area contributed by atoms with Crippen LogP contribution in [0.1, 0.15) is 32.6 Å². The average molecular weight is 333 g/mol. The van der Waals surface area contributed by atoms with Gasteiger partial charge in [0.2, 0.25) is 5.91 Å². The van der Waals surface area contributed by atoms with Crippen LogP contribution in [-0.2, 0) is 4.79 Å². The molecule has 0 bridgehead atoms. The zero-order chi connectivity index (χ0) is 17.1. The molecule has 1 heterocycles. The summed E-state index contributed by atoms with van der Waals surface area (Å²) in [6.07, 6.45) is 3.88. The summed E-state index contributed by atoms with van der Waals surface area (Å²) in [5.41, 5.74) is 0.540. The van der Waals surface area contributed by atoms with Gasteiger partial charge in [0.25, 0.3) is 0 Å². The van der Waals surface area contributed by atoms with E-state index in [0.717, 1.165) is 12.3 Å². The lowest BCUT2D eigenvalue weighted by atomic mass is 10.0. The molecule has 1 saturated heterocycles. The van der Waals surface area contributed by atoms with Gasteiger partial charge >= 0.3 is 6.03 Å². The topological polar surface area (TPSA) is 61.4 Å². The Labute approximate surface area is 141 Å². The summed E-state index contributed by atoms with van der Waals surface area (Å²) in [5.74, 6) is 1.04. The predicted octanol–water partition coefficient (Wildman–Crippen LogP) is 2.98. The summed E-state index contributed by atoms with van der Waals surface area (Å²) in [6, 6.07) is 5.26. The Hall–Kier alpha value is -2.11. The van der Waals surface area contributed by atoms with Crippen molar-refractivity contribution in [1.82, 2.24) is 10.2 Å². The fourth-order valence-electron chi connectivity index (χ4n) is 3.23. The summed E-state index contributed by atoms with van der Waals surface area (Å²) in [7, 11) is 0. The molecule has 2 atom stereocenters. The number of halogens is 1. The normalized spacial score (nSPS) is 21.4. The summed E-state index contributed by atoms with van der Waals surface area (Å²) in [5, 5.41) is 5.55. The van der Waals surface area contributed by atoms with Crippen molar-refractivity contribution < 1.29 is 14.0 Å². The third-order valence-corrected chi connectivity index (χ3v) is 4.90. The average Bonchev–Trinajstić information content (AvgIpc) is 3.30. The molecule has 0 radical (unpaired) electrons. The van der Waals surface area contributed by atoms with Crippen molar-refractivity contribution in [2.45, 2.75) is 38.6 Å². The minimum absolute atomic E-state index is 0.0365. The van der Waals surface area contributed by atoms with Gasteiger partial charge in [0.1, 0.15) is 5.82 Å². The molecule has 24 heavy (non-hydrogen) atoms. The monoisotopic (exact) mass is 333 g/mol. The Morgan fingerprint density at radius 1 is 1.25 bits per heavy atom. The van der Waals surface area contributed by atoms with Gasteiger partial charge in [0, 0.05) is 31.2 Å². The fourth-order valence-corrected chi connectivity index (χ4v) is 3.23. The van der Waals surface area contributed by atoms with Crippen LogP contribution in [0, 0.1) is 17.7 Å². The van der Waals surface area contributed by atoms with Crippen molar-refractivity contribution in [1.29, 1.82) is 0 Å². The van der Waals surface area contributed by atoms with Gasteiger partial charge in [-0.25, -0.2) is 9.18 Å². The molecular weight excluding hydrogens is 309 g/mol. The number of nitrogens with zero attached hydrogens (tertiary/aromatic N) is 1. The van der Waals surface area contributed by atoms with Crippen LogP contribution in [0.5, 0.6) is 0 Å². The van der Waals surface area contributed by atoms with E-state index in [1.54, 1.807) is 0 Å². The lowest BCUT2D eigenvalue weighted by Crippen LogP contribution is -2.40. The SMILES string of the molecule is C[C@@H](CC(=O)N1CC[C@H](NC(=O)Nc2ccc(F)cc2)C1)C1CC1. The highest BCUT2D eigenvalue weighted by Gasteiger charge is 2.32. The van der Waals surface area contributed by atoms with Gasteiger partial charge in [-0.1, -0.05) is 6.92 Å². The second kappa shape index (κ2) is 7.20. The number of likely N-dealkylation sites (tertiary alicyclic amines) is 1. The van der Waals surface area contributed by atoms with Crippen molar-refractivity contribution in [3.8, 4) is 0 Å². The second-order valence-corrected chi connectivity index (χ2v) is 6.95. The number of carbonyl (C=O) groups is 2. The largest absolute Gasteiger partial charge is 0.341 e. The number of hydrogen-bond donors (Lipinski definition) is 2. The van der Waals surface area contributed by atoms with Gasteiger partial charge in [-0.3, -0.25) is 4.79 Å². The molecule has 3 rings (SSSR count). The molecule has 1 saturated carbocycles. The van der Waals surface area contributed by atoms with Crippen molar-refractivity contribution in [2.75, 3.05) is 18.4 Å². The molecule has 6 heteroatoms. The van der Waals surface area contributed by atoms with Crippen LogP contribution in [-0.4, -0.2) is 36.0 Å². The first kappa shape index (κ1) is 16.7. The maximum atomic E-state index is 12.8. The van der Waals surface area contributed by atoms with Crippen LogP contribution in [0.4, 0.5) is 14.9 Å². The van der Waals surface area contributed by atoms with Crippen LogP contribution in [0.25, 0.3) is 0 Å². The lowest BCUT2D eigenvalue weighted by molar-refractivity contribution is -0.131. The highest BCUT2D eigenvalue weighted by atomic mass is 19.1. The number of rotatable bonds is 5. The van der Waals surface area contributed by atoms with Crippen LogP contribution < -0.4 is 10.6 Å². The third kappa shape index (κ3) is 4.46. The molecule has 1 aromatic carbocycles. The molecule has 0 aromatic heterocycles. The summed E-state index contributed by atoms with van der Waals surface area (Å²) < 4.78 is 12.8. The number of amides is 3. The number of benzene rings is 1. The third-order valence-electron chi connectivity index (χ3n) is 4.90.